The van der Waals surface area contributed by atoms with Gasteiger partial charge in [-0.25, -0.2) is 4.98 Å². The summed E-state index contributed by atoms with van der Waals surface area (Å²) in [5.41, 5.74) is 2.51. The van der Waals surface area contributed by atoms with Crippen LogP contribution in [0.15, 0.2) is 24.4 Å². The second kappa shape index (κ2) is 6.10. The number of pyridine rings is 2. The molecular weight excluding hydrogens is 288 g/mol. The van der Waals surface area contributed by atoms with Crippen molar-refractivity contribution in [3.05, 3.63) is 46.4 Å². The van der Waals surface area contributed by atoms with E-state index in [1.807, 2.05) is 38.9 Å². The Kier molecular flexibility index (Phi) is 4.43. The summed E-state index contributed by atoms with van der Waals surface area (Å²) >= 11 is 6.23. The van der Waals surface area contributed by atoms with Crippen molar-refractivity contribution in [3.63, 3.8) is 0 Å². The fourth-order valence-corrected chi connectivity index (χ4v) is 1.98. The molecule has 0 bridgehead atoms. The third kappa shape index (κ3) is 3.31. The standard InChI is InChI=1S/C15H17ClN4O/c1-9-10(2)17-8-12(14(9)16)19-15(21)11-6-5-7-13(18-11)20(3)4/h5-8H,1-4H3,(H,19,21). The minimum atomic E-state index is -0.314. The SMILES string of the molecule is Cc1ncc(NC(=O)c2cccc(N(C)C)n2)c(Cl)c1C. The van der Waals surface area contributed by atoms with E-state index in [1.54, 1.807) is 18.3 Å². The Bertz CT molecular complexity index is 685. The average molecular weight is 305 g/mol. The molecule has 0 unspecified atom stereocenters. The maximum absolute atomic E-state index is 12.3. The molecule has 2 heterocycles. The van der Waals surface area contributed by atoms with E-state index in [2.05, 4.69) is 15.3 Å². The molecule has 0 saturated heterocycles. The lowest BCUT2D eigenvalue weighted by atomic mass is 10.2. The molecule has 6 heteroatoms. The van der Waals surface area contributed by atoms with Gasteiger partial charge in [0.2, 0.25) is 0 Å². The van der Waals surface area contributed by atoms with Crippen molar-refractivity contribution in [2.75, 3.05) is 24.3 Å². The van der Waals surface area contributed by atoms with E-state index in [0.29, 0.717) is 22.2 Å². The monoisotopic (exact) mass is 304 g/mol. The first-order chi connectivity index (χ1) is 9.90. The van der Waals surface area contributed by atoms with Crippen LogP contribution in [0.1, 0.15) is 21.7 Å². The highest BCUT2D eigenvalue weighted by molar-refractivity contribution is 6.34. The Morgan fingerprint density at radius 3 is 2.67 bits per heavy atom. The molecule has 0 aliphatic carbocycles. The second-order valence-corrected chi connectivity index (χ2v) is 5.30. The van der Waals surface area contributed by atoms with Crippen LogP contribution in [0.3, 0.4) is 0 Å². The summed E-state index contributed by atoms with van der Waals surface area (Å²) in [4.78, 5) is 22.6. The average Bonchev–Trinajstić information content (AvgIpc) is 2.48. The van der Waals surface area contributed by atoms with Crippen molar-refractivity contribution >= 4 is 29.0 Å². The van der Waals surface area contributed by atoms with E-state index in [4.69, 9.17) is 11.6 Å². The number of aryl methyl sites for hydroxylation is 1. The number of aromatic nitrogens is 2. The largest absolute Gasteiger partial charge is 0.363 e. The van der Waals surface area contributed by atoms with Gasteiger partial charge in [-0.15, -0.1) is 0 Å². The molecule has 0 atom stereocenters. The third-order valence-corrected chi connectivity index (χ3v) is 3.66. The summed E-state index contributed by atoms with van der Waals surface area (Å²) in [5, 5.41) is 3.25. The van der Waals surface area contributed by atoms with Gasteiger partial charge in [0.05, 0.1) is 16.9 Å². The van der Waals surface area contributed by atoms with Gasteiger partial charge in [0.15, 0.2) is 0 Å². The van der Waals surface area contributed by atoms with Crippen LogP contribution in [0.2, 0.25) is 5.02 Å². The highest BCUT2D eigenvalue weighted by Crippen LogP contribution is 2.26. The van der Waals surface area contributed by atoms with Crippen molar-refractivity contribution in [2.24, 2.45) is 0 Å². The lowest BCUT2D eigenvalue weighted by molar-refractivity contribution is 0.102. The molecule has 2 aromatic rings. The molecule has 2 rings (SSSR count). The highest BCUT2D eigenvalue weighted by atomic mass is 35.5. The molecule has 0 spiro atoms. The van der Waals surface area contributed by atoms with Gasteiger partial charge in [-0.2, -0.15) is 0 Å². The zero-order valence-electron chi connectivity index (χ0n) is 12.4. The Labute approximate surface area is 129 Å². The lowest BCUT2D eigenvalue weighted by Crippen LogP contribution is -2.17. The van der Waals surface area contributed by atoms with Crippen LogP contribution in [0.5, 0.6) is 0 Å². The van der Waals surface area contributed by atoms with Gasteiger partial charge in [0.1, 0.15) is 11.5 Å². The summed E-state index contributed by atoms with van der Waals surface area (Å²) in [5.74, 6) is 0.401. The van der Waals surface area contributed by atoms with E-state index in [1.165, 1.54) is 0 Å². The first-order valence-electron chi connectivity index (χ1n) is 6.47. The van der Waals surface area contributed by atoms with Crippen LogP contribution in [0.4, 0.5) is 11.5 Å². The van der Waals surface area contributed by atoms with Gasteiger partial charge in [0.25, 0.3) is 5.91 Å². The van der Waals surface area contributed by atoms with Crippen LogP contribution in [-0.4, -0.2) is 30.0 Å². The van der Waals surface area contributed by atoms with Crippen molar-refractivity contribution in [1.82, 2.24) is 9.97 Å². The topological polar surface area (TPSA) is 58.1 Å². The van der Waals surface area contributed by atoms with Crippen molar-refractivity contribution < 1.29 is 4.79 Å². The summed E-state index contributed by atoms with van der Waals surface area (Å²) < 4.78 is 0. The first kappa shape index (κ1) is 15.3. The Morgan fingerprint density at radius 1 is 1.29 bits per heavy atom. The maximum Gasteiger partial charge on any atom is 0.274 e. The molecule has 1 amide bonds. The molecular formula is C15H17ClN4O. The fraction of sp³-hybridized carbons (Fsp3) is 0.267. The van der Waals surface area contributed by atoms with Crippen LogP contribution in [0.25, 0.3) is 0 Å². The number of nitrogens with zero attached hydrogens (tertiary/aromatic N) is 3. The van der Waals surface area contributed by atoms with Crippen molar-refractivity contribution in [3.8, 4) is 0 Å². The van der Waals surface area contributed by atoms with Gasteiger partial charge in [-0.3, -0.25) is 9.78 Å². The predicted octanol–water partition coefficient (Wildman–Crippen LogP) is 3.07. The first-order valence-corrected chi connectivity index (χ1v) is 6.85. The van der Waals surface area contributed by atoms with Gasteiger partial charge in [-0.05, 0) is 31.5 Å². The van der Waals surface area contributed by atoms with Crippen LogP contribution in [-0.2, 0) is 0 Å². The van der Waals surface area contributed by atoms with Gasteiger partial charge < -0.3 is 10.2 Å². The van der Waals surface area contributed by atoms with Crippen molar-refractivity contribution in [2.45, 2.75) is 13.8 Å². The molecule has 0 saturated carbocycles. The van der Waals surface area contributed by atoms with Gasteiger partial charge in [-0.1, -0.05) is 17.7 Å². The molecule has 0 aromatic carbocycles. The van der Waals surface area contributed by atoms with E-state index in [9.17, 15) is 4.79 Å². The number of anilines is 2. The van der Waals surface area contributed by atoms with E-state index >= 15 is 0 Å². The number of hydrogen-bond acceptors (Lipinski definition) is 4. The molecule has 110 valence electrons. The minimum Gasteiger partial charge on any atom is -0.363 e. The number of amides is 1. The Hall–Kier alpha value is -2.14. The Morgan fingerprint density at radius 2 is 2.00 bits per heavy atom. The molecule has 0 radical (unpaired) electrons. The summed E-state index contributed by atoms with van der Waals surface area (Å²) in [7, 11) is 3.74. The molecule has 0 fully saturated rings. The van der Waals surface area contributed by atoms with Crippen LogP contribution >= 0.6 is 11.6 Å². The number of hydrogen-bond donors (Lipinski definition) is 1. The smallest absolute Gasteiger partial charge is 0.274 e. The molecule has 0 aliphatic heterocycles. The van der Waals surface area contributed by atoms with Crippen LogP contribution < -0.4 is 10.2 Å². The van der Waals surface area contributed by atoms with E-state index in [-0.39, 0.29) is 5.91 Å². The van der Waals surface area contributed by atoms with Gasteiger partial charge >= 0.3 is 0 Å². The molecule has 2 aromatic heterocycles. The number of halogens is 1. The zero-order valence-corrected chi connectivity index (χ0v) is 13.2. The minimum absolute atomic E-state index is 0.314. The number of carbonyl (C=O) groups is 1. The summed E-state index contributed by atoms with van der Waals surface area (Å²) in [6.45, 7) is 3.74. The highest BCUT2D eigenvalue weighted by Gasteiger charge is 2.13. The van der Waals surface area contributed by atoms with Crippen LogP contribution in [0, 0.1) is 13.8 Å². The molecule has 0 aliphatic rings. The molecule has 5 nitrogen and oxygen atoms in total. The predicted molar refractivity (Wildman–Crippen MR) is 85.2 cm³/mol. The lowest BCUT2D eigenvalue weighted by Gasteiger charge is -2.13. The molecule has 21 heavy (non-hydrogen) atoms. The summed E-state index contributed by atoms with van der Waals surface area (Å²) in [6.07, 6.45) is 1.55. The van der Waals surface area contributed by atoms with Gasteiger partial charge in [0, 0.05) is 19.8 Å². The van der Waals surface area contributed by atoms with E-state index in [0.717, 1.165) is 11.3 Å². The van der Waals surface area contributed by atoms with Crippen molar-refractivity contribution in [1.29, 1.82) is 0 Å². The quantitative estimate of drug-likeness (QED) is 0.947. The number of nitrogens with one attached hydrogen (secondary N) is 1. The normalized spacial score (nSPS) is 10.3. The third-order valence-electron chi connectivity index (χ3n) is 3.17. The van der Waals surface area contributed by atoms with E-state index < -0.39 is 0 Å². The fourth-order valence-electron chi connectivity index (χ4n) is 1.75. The summed E-state index contributed by atoms with van der Waals surface area (Å²) in [6, 6.07) is 5.28. The molecule has 1 N–H and O–H groups in total. The number of carbonyl (C=O) groups excluding carboxylic acids is 1. The number of rotatable bonds is 3. The second-order valence-electron chi connectivity index (χ2n) is 4.93. The zero-order chi connectivity index (χ0) is 15.6. The Balaban J connectivity index is 2.26. The maximum atomic E-state index is 12.3.